The highest BCUT2D eigenvalue weighted by Crippen LogP contribution is 2.16. The highest BCUT2D eigenvalue weighted by Gasteiger charge is 2.16. The van der Waals surface area contributed by atoms with Gasteiger partial charge in [0.05, 0.1) is 38.2 Å². The molecule has 0 aliphatic heterocycles. The van der Waals surface area contributed by atoms with Crippen molar-refractivity contribution in [2.45, 2.75) is 39.7 Å². The zero-order valence-corrected chi connectivity index (χ0v) is 19.1. The largest absolute Gasteiger partial charge is 0.379 e. The minimum Gasteiger partial charge on any atom is -0.379 e. The maximum Gasteiger partial charge on any atom is 0.270 e. The van der Waals surface area contributed by atoms with Crippen LogP contribution in [-0.2, 0) is 19.1 Å². The molecule has 0 bridgehead atoms. The monoisotopic (exact) mass is 455 g/mol. The van der Waals surface area contributed by atoms with Gasteiger partial charge in [0.1, 0.15) is 17.3 Å². The Morgan fingerprint density at radius 3 is 1.94 bits per heavy atom. The molecule has 0 aliphatic carbocycles. The van der Waals surface area contributed by atoms with Crippen molar-refractivity contribution in [1.82, 2.24) is 15.3 Å². The molecule has 0 fully saturated rings. The molecule has 0 aromatic carbocycles. The quantitative estimate of drug-likeness (QED) is 0.340. The van der Waals surface area contributed by atoms with Crippen LogP contribution in [0, 0.1) is 0 Å². The predicted octanol–water partition coefficient (Wildman–Crippen LogP) is 2.44. The molecule has 176 valence electrons. The van der Waals surface area contributed by atoms with Gasteiger partial charge in [0.25, 0.3) is 5.91 Å². The van der Waals surface area contributed by atoms with Crippen LogP contribution < -0.4 is 5.32 Å². The Morgan fingerprint density at radius 1 is 0.848 bits per heavy atom. The van der Waals surface area contributed by atoms with Gasteiger partial charge >= 0.3 is 0 Å². The number of Topliss-reactive ketones (excluding diaryl/α,β-unsaturated/α-hetero) is 3. The van der Waals surface area contributed by atoms with Crippen LogP contribution in [0.3, 0.4) is 0 Å². The number of pyridine rings is 2. The lowest BCUT2D eigenvalue weighted by Crippen LogP contribution is -2.42. The van der Waals surface area contributed by atoms with Gasteiger partial charge in [0.15, 0.2) is 5.78 Å². The molecule has 1 N–H and O–H groups in total. The van der Waals surface area contributed by atoms with Gasteiger partial charge in [-0.2, -0.15) is 0 Å². The Labute approximate surface area is 192 Å². The van der Waals surface area contributed by atoms with Crippen LogP contribution in [0.25, 0.3) is 11.3 Å². The molecule has 0 saturated heterocycles. The highest BCUT2D eigenvalue weighted by atomic mass is 16.5. The number of ketones is 3. The van der Waals surface area contributed by atoms with E-state index >= 15 is 0 Å². The Hall–Kier alpha value is -3.30. The molecule has 0 atom stereocenters. The lowest BCUT2D eigenvalue weighted by Gasteiger charge is -2.19. The zero-order valence-electron chi connectivity index (χ0n) is 19.1. The summed E-state index contributed by atoms with van der Waals surface area (Å²) >= 11 is 0. The molecular formula is C24H29N3O6. The lowest BCUT2D eigenvalue weighted by molar-refractivity contribution is -0.118. The molecule has 9 heteroatoms. The fourth-order valence-corrected chi connectivity index (χ4v) is 2.73. The third-order valence-corrected chi connectivity index (χ3v) is 4.63. The van der Waals surface area contributed by atoms with Gasteiger partial charge in [0.2, 0.25) is 0 Å². The first-order valence-electron chi connectivity index (χ1n) is 10.6. The third kappa shape index (κ3) is 9.38. The summed E-state index contributed by atoms with van der Waals surface area (Å²) in [6, 6.07) is 6.24. The van der Waals surface area contributed by atoms with Gasteiger partial charge in [0, 0.05) is 36.4 Å². The first-order chi connectivity index (χ1) is 15.8. The summed E-state index contributed by atoms with van der Waals surface area (Å²) in [6.45, 7) is 5.25. The topological polar surface area (TPSA) is 125 Å². The number of hydrogen-bond acceptors (Lipinski definition) is 8. The van der Waals surface area contributed by atoms with Crippen molar-refractivity contribution in [3.63, 3.8) is 0 Å². The van der Waals surface area contributed by atoms with Gasteiger partial charge in [-0.25, -0.2) is 0 Å². The van der Waals surface area contributed by atoms with E-state index in [-0.39, 0.29) is 62.3 Å². The molecule has 0 unspecified atom stereocenters. The van der Waals surface area contributed by atoms with Crippen molar-refractivity contribution in [1.29, 1.82) is 0 Å². The predicted molar refractivity (Wildman–Crippen MR) is 121 cm³/mol. The standard InChI is InChI=1S/C24H29N3O6/c1-16(28)8-10-32-14-21(15-33-11-9-17(2)29)27-24(31)23-7-5-20(13-26-23)22-6-4-19(12-25-22)18(3)30/h4-7,12-13,21H,8-11,14-15H2,1-3H3,(H,27,31). The molecule has 0 aliphatic rings. The third-order valence-electron chi connectivity index (χ3n) is 4.63. The minimum absolute atomic E-state index is 0.0167. The molecule has 2 rings (SSSR count). The SMILES string of the molecule is CC(=O)CCOCC(COCCC(C)=O)NC(=O)c1ccc(-c2ccc(C(C)=O)cn2)cn1. The van der Waals surface area contributed by atoms with Crippen LogP contribution in [0.2, 0.25) is 0 Å². The summed E-state index contributed by atoms with van der Waals surface area (Å²) in [5, 5.41) is 2.81. The van der Waals surface area contributed by atoms with Crippen LogP contribution in [0.1, 0.15) is 54.5 Å². The molecular weight excluding hydrogens is 426 g/mol. The van der Waals surface area contributed by atoms with Gasteiger partial charge in [-0.1, -0.05) is 0 Å². The number of nitrogens with zero attached hydrogens (tertiary/aromatic N) is 2. The van der Waals surface area contributed by atoms with E-state index in [4.69, 9.17) is 9.47 Å². The minimum atomic E-state index is -0.473. The maximum absolute atomic E-state index is 12.7. The number of nitrogens with one attached hydrogen (secondary N) is 1. The van der Waals surface area contributed by atoms with Crippen LogP contribution >= 0.6 is 0 Å². The van der Waals surface area contributed by atoms with E-state index < -0.39 is 11.9 Å². The Balaban J connectivity index is 1.97. The Kier molecular flexibility index (Phi) is 10.5. The first kappa shape index (κ1) is 26.0. The maximum atomic E-state index is 12.7. The van der Waals surface area contributed by atoms with E-state index in [1.807, 2.05) is 0 Å². The van der Waals surface area contributed by atoms with E-state index in [1.165, 1.54) is 33.2 Å². The van der Waals surface area contributed by atoms with E-state index in [2.05, 4.69) is 15.3 Å². The summed E-state index contributed by atoms with van der Waals surface area (Å²) in [6.07, 6.45) is 3.61. The summed E-state index contributed by atoms with van der Waals surface area (Å²) in [4.78, 5) is 54.7. The fourth-order valence-electron chi connectivity index (χ4n) is 2.73. The normalized spacial score (nSPS) is 10.8. The number of carbonyl (C=O) groups is 4. The first-order valence-corrected chi connectivity index (χ1v) is 10.6. The number of hydrogen-bond donors (Lipinski definition) is 1. The van der Waals surface area contributed by atoms with Gasteiger partial charge in [-0.15, -0.1) is 0 Å². The van der Waals surface area contributed by atoms with Crippen molar-refractivity contribution in [3.05, 3.63) is 47.9 Å². The summed E-state index contributed by atoms with van der Waals surface area (Å²) < 4.78 is 11.0. The van der Waals surface area contributed by atoms with Crippen molar-refractivity contribution in [3.8, 4) is 11.3 Å². The number of aromatic nitrogens is 2. The molecule has 2 aromatic rings. The van der Waals surface area contributed by atoms with Crippen LogP contribution in [0.15, 0.2) is 36.7 Å². The zero-order chi connectivity index (χ0) is 24.2. The Bertz CT molecular complexity index is 935. The molecule has 9 nitrogen and oxygen atoms in total. The average Bonchev–Trinajstić information content (AvgIpc) is 2.79. The van der Waals surface area contributed by atoms with Crippen molar-refractivity contribution in [2.24, 2.45) is 0 Å². The second-order valence-corrected chi connectivity index (χ2v) is 7.64. The van der Waals surface area contributed by atoms with Gasteiger partial charge in [-0.3, -0.25) is 29.1 Å². The highest BCUT2D eigenvalue weighted by molar-refractivity contribution is 5.94. The van der Waals surface area contributed by atoms with E-state index in [1.54, 1.807) is 24.3 Å². The molecule has 2 aromatic heterocycles. The molecule has 2 heterocycles. The summed E-state index contributed by atoms with van der Waals surface area (Å²) in [5.41, 5.74) is 2.06. The molecule has 0 spiro atoms. The number of rotatable bonds is 14. The summed E-state index contributed by atoms with van der Waals surface area (Å²) in [5.74, 6) is -0.438. The molecule has 33 heavy (non-hydrogen) atoms. The lowest BCUT2D eigenvalue weighted by atomic mass is 10.1. The van der Waals surface area contributed by atoms with Gasteiger partial charge in [-0.05, 0) is 45.0 Å². The number of amides is 1. The van der Waals surface area contributed by atoms with Crippen molar-refractivity contribution in [2.75, 3.05) is 26.4 Å². The fraction of sp³-hybridized carbons (Fsp3) is 0.417. The smallest absolute Gasteiger partial charge is 0.270 e. The van der Waals surface area contributed by atoms with E-state index in [9.17, 15) is 19.2 Å². The molecule has 1 amide bonds. The van der Waals surface area contributed by atoms with E-state index in [0.29, 0.717) is 16.8 Å². The molecule has 0 radical (unpaired) electrons. The second-order valence-electron chi connectivity index (χ2n) is 7.64. The van der Waals surface area contributed by atoms with E-state index in [0.717, 1.165) is 0 Å². The van der Waals surface area contributed by atoms with Crippen LogP contribution in [-0.4, -0.2) is 65.7 Å². The van der Waals surface area contributed by atoms with Crippen LogP contribution in [0.5, 0.6) is 0 Å². The van der Waals surface area contributed by atoms with Crippen LogP contribution in [0.4, 0.5) is 0 Å². The van der Waals surface area contributed by atoms with Gasteiger partial charge < -0.3 is 14.8 Å². The number of ether oxygens (including phenoxy) is 2. The average molecular weight is 456 g/mol. The Morgan fingerprint density at radius 2 is 1.48 bits per heavy atom. The second kappa shape index (κ2) is 13.3. The van der Waals surface area contributed by atoms with Crippen molar-refractivity contribution < 1.29 is 28.7 Å². The number of carbonyl (C=O) groups excluding carboxylic acids is 4. The molecule has 0 saturated carbocycles. The van der Waals surface area contributed by atoms with Crippen molar-refractivity contribution >= 4 is 23.3 Å². The summed E-state index contributed by atoms with van der Waals surface area (Å²) in [7, 11) is 0.